The van der Waals surface area contributed by atoms with Gasteiger partial charge >= 0.3 is 0 Å². The summed E-state index contributed by atoms with van der Waals surface area (Å²) in [6.45, 7) is 2.58. The number of halogens is 1. The first-order valence-electron chi connectivity index (χ1n) is 11.5. The Kier molecular flexibility index (Phi) is 5.94. The first kappa shape index (κ1) is 21.7. The topological polar surface area (TPSA) is 68.9 Å². The number of carbonyl (C=O) groups excluding carboxylic acids is 1. The third kappa shape index (κ3) is 4.27. The molecule has 33 heavy (non-hydrogen) atoms. The second kappa shape index (κ2) is 9.02. The highest BCUT2D eigenvalue weighted by molar-refractivity contribution is 6.30. The van der Waals surface area contributed by atoms with Crippen LogP contribution < -0.4 is 10.9 Å². The number of aromatic nitrogens is 3. The van der Waals surface area contributed by atoms with Crippen molar-refractivity contribution in [2.45, 2.75) is 51.7 Å². The van der Waals surface area contributed by atoms with E-state index in [1.165, 1.54) is 11.1 Å². The van der Waals surface area contributed by atoms with Crippen LogP contribution in [0.3, 0.4) is 0 Å². The van der Waals surface area contributed by atoms with Gasteiger partial charge in [0.05, 0.1) is 6.20 Å². The van der Waals surface area contributed by atoms with Crippen molar-refractivity contribution in [3.05, 3.63) is 75.7 Å². The monoisotopic (exact) mass is 462 g/mol. The van der Waals surface area contributed by atoms with E-state index >= 15 is 0 Å². The van der Waals surface area contributed by atoms with Crippen LogP contribution in [0.4, 0.5) is 0 Å². The zero-order chi connectivity index (χ0) is 22.9. The maximum atomic E-state index is 13.5. The van der Waals surface area contributed by atoms with Crippen LogP contribution >= 0.6 is 11.6 Å². The zero-order valence-corrected chi connectivity index (χ0v) is 19.4. The fourth-order valence-corrected chi connectivity index (χ4v) is 5.22. The Bertz CT molecular complexity index is 1390. The molecule has 0 saturated heterocycles. The molecule has 1 aliphatic rings. The molecule has 4 aromatic rings. The van der Waals surface area contributed by atoms with Crippen molar-refractivity contribution in [1.82, 2.24) is 19.7 Å². The quantitative estimate of drug-likeness (QED) is 0.465. The highest BCUT2D eigenvalue weighted by Gasteiger charge is 2.23. The Morgan fingerprint density at radius 3 is 2.76 bits per heavy atom. The minimum atomic E-state index is -0.266. The van der Waals surface area contributed by atoms with Crippen LogP contribution in [0.1, 0.15) is 38.2 Å². The molecule has 0 radical (unpaired) electrons. The number of para-hydroxylation sites is 1. The van der Waals surface area contributed by atoms with Crippen molar-refractivity contribution in [3.8, 4) is 0 Å². The average Bonchev–Trinajstić information content (AvgIpc) is 3.11. The molecule has 6 nitrogen and oxygen atoms in total. The summed E-state index contributed by atoms with van der Waals surface area (Å²) >= 11 is 6.20. The lowest BCUT2D eigenvalue weighted by molar-refractivity contribution is -0.123. The van der Waals surface area contributed by atoms with Crippen LogP contribution in [0.15, 0.2) is 59.5 Å². The van der Waals surface area contributed by atoms with E-state index < -0.39 is 0 Å². The largest absolute Gasteiger partial charge is 0.351 e. The van der Waals surface area contributed by atoms with Gasteiger partial charge in [0.25, 0.3) is 5.56 Å². The number of nitrogens with zero attached hydrogens (tertiary/aromatic N) is 3. The number of rotatable bonds is 5. The van der Waals surface area contributed by atoms with Crippen LogP contribution in [0.5, 0.6) is 0 Å². The summed E-state index contributed by atoms with van der Waals surface area (Å²) in [4.78, 5) is 26.3. The van der Waals surface area contributed by atoms with Gasteiger partial charge < -0.3 is 9.88 Å². The lowest BCUT2D eigenvalue weighted by Gasteiger charge is -2.29. The number of hydrogen-bond acceptors (Lipinski definition) is 3. The molecule has 5 rings (SSSR count). The number of amides is 1. The lowest BCUT2D eigenvalue weighted by Crippen LogP contribution is -2.43. The van der Waals surface area contributed by atoms with E-state index in [0.29, 0.717) is 23.0 Å². The molecule has 7 heteroatoms. The van der Waals surface area contributed by atoms with E-state index in [9.17, 15) is 9.59 Å². The Morgan fingerprint density at radius 2 is 1.94 bits per heavy atom. The molecule has 0 aliphatic heterocycles. The van der Waals surface area contributed by atoms with Gasteiger partial charge in [-0.05, 0) is 42.5 Å². The molecule has 1 fully saturated rings. The first-order chi connectivity index (χ1) is 16.0. The number of fused-ring (bicyclic) bond motifs is 3. The van der Waals surface area contributed by atoms with Gasteiger partial charge in [0.15, 0.2) is 0 Å². The highest BCUT2D eigenvalue weighted by atomic mass is 35.5. The standard InChI is InChI=1S/C26H27ClN4O2/c1-17-7-2-4-11-22(17)29-24(32)16-31-26(33)25-21(14-28-31)20-10-3-5-12-23(20)30(25)15-18-8-6-9-19(27)13-18/h3,5-6,8-10,12-14,17,22H,2,4,7,11,15-16H2,1H3,(H,29,32)/t17-,22-/m1/s1. The van der Waals surface area contributed by atoms with Crippen molar-refractivity contribution in [1.29, 1.82) is 0 Å². The normalized spacial score (nSPS) is 18.6. The van der Waals surface area contributed by atoms with Crippen molar-refractivity contribution in [2.24, 2.45) is 5.92 Å². The van der Waals surface area contributed by atoms with Crippen LogP contribution in [0.2, 0.25) is 5.02 Å². The summed E-state index contributed by atoms with van der Waals surface area (Å²) in [6.07, 6.45) is 6.15. The summed E-state index contributed by atoms with van der Waals surface area (Å²) in [6, 6.07) is 15.7. The fraction of sp³-hybridized carbons (Fsp3) is 0.346. The van der Waals surface area contributed by atoms with Gasteiger partial charge in [0.1, 0.15) is 12.1 Å². The molecule has 2 atom stereocenters. The van der Waals surface area contributed by atoms with Crippen LogP contribution in [0.25, 0.3) is 21.8 Å². The van der Waals surface area contributed by atoms with Crippen LogP contribution in [-0.4, -0.2) is 26.3 Å². The third-order valence-corrected chi connectivity index (χ3v) is 6.99. The second-order valence-electron chi connectivity index (χ2n) is 9.04. The smallest absolute Gasteiger partial charge is 0.291 e. The van der Waals surface area contributed by atoms with E-state index in [0.717, 1.165) is 41.1 Å². The Hall–Kier alpha value is -3.12. The minimum Gasteiger partial charge on any atom is -0.351 e. The number of hydrogen-bond donors (Lipinski definition) is 1. The third-order valence-electron chi connectivity index (χ3n) is 6.75. The zero-order valence-electron chi connectivity index (χ0n) is 18.6. The molecule has 0 bridgehead atoms. The van der Waals surface area contributed by atoms with Gasteiger partial charge in [-0.2, -0.15) is 5.10 Å². The maximum absolute atomic E-state index is 13.5. The summed E-state index contributed by atoms with van der Waals surface area (Å²) < 4.78 is 3.27. The van der Waals surface area contributed by atoms with Gasteiger partial charge in [-0.25, -0.2) is 4.68 Å². The highest BCUT2D eigenvalue weighted by Crippen LogP contribution is 2.28. The van der Waals surface area contributed by atoms with Crippen molar-refractivity contribution in [2.75, 3.05) is 0 Å². The predicted molar refractivity (Wildman–Crippen MR) is 132 cm³/mol. The molecule has 2 aromatic carbocycles. The Balaban J connectivity index is 1.53. The summed E-state index contributed by atoms with van der Waals surface area (Å²) in [7, 11) is 0. The van der Waals surface area contributed by atoms with Gasteiger partial charge in [0.2, 0.25) is 5.91 Å². The number of benzene rings is 2. The second-order valence-corrected chi connectivity index (χ2v) is 9.48. The molecule has 1 amide bonds. The number of carbonyl (C=O) groups is 1. The lowest BCUT2D eigenvalue weighted by atomic mass is 9.86. The molecule has 0 unspecified atom stereocenters. The van der Waals surface area contributed by atoms with Crippen molar-refractivity contribution >= 4 is 39.3 Å². The molecule has 1 N–H and O–H groups in total. The Labute approximate surface area is 197 Å². The molecule has 170 valence electrons. The van der Waals surface area contributed by atoms with Crippen LogP contribution in [-0.2, 0) is 17.9 Å². The Morgan fingerprint density at radius 1 is 1.12 bits per heavy atom. The molecular formula is C26H27ClN4O2. The summed E-state index contributed by atoms with van der Waals surface area (Å²) in [5.41, 5.74) is 2.23. The van der Waals surface area contributed by atoms with Crippen molar-refractivity contribution < 1.29 is 4.79 Å². The SMILES string of the molecule is C[C@@H]1CCCC[C@H]1NC(=O)Cn1ncc2c3ccccc3n(Cc3cccc(Cl)c3)c2c1=O. The summed E-state index contributed by atoms with van der Waals surface area (Å²) in [5.74, 6) is 0.287. The molecule has 1 aliphatic carbocycles. The molecule has 2 heterocycles. The van der Waals surface area contributed by atoms with E-state index in [2.05, 4.69) is 17.3 Å². The minimum absolute atomic E-state index is 0.0866. The van der Waals surface area contributed by atoms with Gasteiger partial charge in [0, 0.05) is 33.9 Å². The molecule has 2 aromatic heterocycles. The average molecular weight is 463 g/mol. The van der Waals surface area contributed by atoms with Crippen molar-refractivity contribution in [3.63, 3.8) is 0 Å². The summed E-state index contributed by atoms with van der Waals surface area (Å²) in [5, 5.41) is 9.88. The molecule has 0 spiro atoms. The number of nitrogens with one attached hydrogen (secondary N) is 1. The van der Waals surface area contributed by atoms with E-state index in [4.69, 9.17) is 11.6 Å². The van der Waals surface area contributed by atoms with Gasteiger partial charge in [-0.1, -0.05) is 61.7 Å². The van der Waals surface area contributed by atoms with Crippen LogP contribution in [0, 0.1) is 5.92 Å². The van der Waals surface area contributed by atoms with Gasteiger partial charge in [-0.3, -0.25) is 9.59 Å². The molecular weight excluding hydrogens is 436 g/mol. The van der Waals surface area contributed by atoms with E-state index in [1.54, 1.807) is 6.20 Å². The fourth-order valence-electron chi connectivity index (χ4n) is 5.01. The van der Waals surface area contributed by atoms with E-state index in [-0.39, 0.29) is 24.1 Å². The maximum Gasteiger partial charge on any atom is 0.291 e. The van der Waals surface area contributed by atoms with E-state index in [1.807, 2.05) is 53.1 Å². The predicted octanol–water partition coefficient (Wildman–Crippen LogP) is 4.75. The molecule has 1 saturated carbocycles. The first-order valence-corrected chi connectivity index (χ1v) is 11.9. The van der Waals surface area contributed by atoms with Gasteiger partial charge in [-0.15, -0.1) is 0 Å².